The molecule has 0 radical (unpaired) electrons. The van der Waals surface area contributed by atoms with Crippen molar-refractivity contribution in [3.05, 3.63) is 60.3 Å². The van der Waals surface area contributed by atoms with Crippen LogP contribution in [0.3, 0.4) is 0 Å². The van der Waals surface area contributed by atoms with Crippen LogP contribution in [0.5, 0.6) is 0 Å². The van der Waals surface area contributed by atoms with Gasteiger partial charge in [0.15, 0.2) is 31.1 Å². The molecule has 1 aromatic rings. The largest absolute Gasteiger partial charge is 0.453 e. The summed E-state index contributed by atoms with van der Waals surface area (Å²) in [5.41, 5.74) is 2.86. The number of esters is 1. The first kappa shape index (κ1) is 44.0. The minimum absolute atomic E-state index is 0.0198. The molecule has 5 unspecified atom stereocenters. The monoisotopic (exact) mass is 748 g/mol. The summed E-state index contributed by atoms with van der Waals surface area (Å²) in [5.74, 6) is -0.399. The van der Waals surface area contributed by atoms with E-state index in [4.69, 9.17) is 22.8 Å². The van der Waals surface area contributed by atoms with E-state index < -0.39 is 69.5 Å². The van der Waals surface area contributed by atoms with Crippen molar-refractivity contribution >= 4 is 39.0 Å². The Balaban J connectivity index is 2.96. The lowest BCUT2D eigenvalue weighted by atomic mass is 9.90. The van der Waals surface area contributed by atoms with E-state index in [0.29, 0.717) is 12.0 Å². The molecular weight excluding hydrogens is 677 g/mol. The number of hydrogen-bond acceptors (Lipinski definition) is 6. The zero-order valence-electron chi connectivity index (χ0n) is 34.4. The molecule has 0 aliphatic carbocycles. The highest BCUT2D eigenvalue weighted by molar-refractivity contribution is 6.81. The normalized spacial score (nSPS) is 24.2. The van der Waals surface area contributed by atoms with Crippen molar-refractivity contribution in [1.82, 2.24) is 0 Å². The second kappa shape index (κ2) is 15.9. The van der Waals surface area contributed by atoms with E-state index in [9.17, 15) is 4.79 Å². The Morgan fingerprint density at radius 3 is 1.65 bits per heavy atom. The highest BCUT2D eigenvalue weighted by atomic mass is 28.4. The molecule has 1 aliphatic rings. The Hall–Kier alpha value is -1.12. The number of carbonyl (C=O) groups is 1. The van der Waals surface area contributed by atoms with E-state index in [0.717, 1.165) is 0 Å². The van der Waals surface area contributed by atoms with E-state index in [1.165, 1.54) is 0 Å². The maximum absolute atomic E-state index is 13.8. The van der Waals surface area contributed by atoms with Crippen molar-refractivity contribution in [1.29, 1.82) is 0 Å². The smallest absolute Gasteiger partial charge is 0.338 e. The van der Waals surface area contributed by atoms with Crippen LogP contribution in [0.1, 0.15) is 79.1 Å². The quantitative estimate of drug-likeness (QED) is 0.114. The van der Waals surface area contributed by atoms with Crippen molar-refractivity contribution in [2.75, 3.05) is 0 Å². The number of benzene rings is 1. The molecule has 1 fully saturated rings. The van der Waals surface area contributed by atoms with Crippen molar-refractivity contribution in [3.8, 4) is 0 Å². The first-order valence-electron chi connectivity index (χ1n) is 18.2. The third kappa shape index (κ3) is 11.7. The van der Waals surface area contributed by atoms with Gasteiger partial charge in [-0.2, -0.15) is 0 Å². The topological polar surface area (TPSA) is 63.2 Å². The molecule has 280 valence electrons. The number of hydrogen-bond donors (Lipinski definition) is 0. The summed E-state index contributed by atoms with van der Waals surface area (Å²) in [6.07, 6.45) is 1.35. The minimum atomic E-state index is -2.45. The SMILES string of the molecule is C=CCC1OC([C@H](C=C[Si](C)(C)C)O[Si](C)(C)C(C)(C)C)C(O[Si](C)(C)C(C)(C)C)C(O[Si](C)(C)C(C)(C)C)C1OC(=O)c1ccccc1. The Kier molecular flexibility index (Phi) is 14.3. The number of rotatable bonds is 13. The van der Waals surface area contributed by atoms with E-state index in [1.54, 1.807) is 12.1 Å². The fraction of sp³-hybridized carbons (Fsp3) is 0.718. The maximum Gasteiger partial charge on any atom is 0.338 e. The highest BCUT2D eigenvalue weighted by Gasteiger charge is 2.57. The molecule has 1 aromatic carbocycles. The van der Waals surface area contributed by atoms with Crippen LogP contribution in [0.2, 0.25) is 74.0 Å². The van der Waals surface area contributed by atoms with Crippen molar-refractivity contribution in [3.63, 3.8) is 0 Å². The molecule has 1 heterocycles. The predicted octanol–water partition coefficient (Wildman–Crippen LogP) is 11.2. The molecule has 1 saturated heterocycles. The summed E-state index contributed by atoms with van der Waals surface area (Å²) in [5, 5.41) is -0.204. The van der Waals surface area contributed by atoms with Gasteiger partial charge in [0.25, 0.3) is 0 Å². The van der Waals surface area contributed by atoms with Crippen LogP contribution in [-0.2, 0) is 22.8 Å². The van der Waals surface area contributed by atoms with Gasteiger partial charge in [0.2, 0.25) is 0 Å². The van der Waals surface area contributed by atoms with Gasteiger partial charge < -0.3 is 22.8 Å². The standard InChI is InChI=1S/C39H72O6Si4/c1-20-24-30-32(42-36(40)29-25-22-21-23-26-29)34(44-48(16,17)38(5,6)7)35(45-49(18,19)39(8,9)10)33(41-30)31(27-28-46(11,12)13)43-47(14,15)37(2,3)4/h20-23,25-28,30-35H,1,24H2,2-19H3/t30?,31-,32?,33?,34?,35?/m0/s1. The fourth-order valence-electron chi connectivity index (χ4n) is 4.89. The van der Waals surface area contributed by atoms with Crippen molar-refractivity contribution in [2.24, 2.45) is 0 Å². The summed E-state index contributed by atoms with van der Waals surface area (Å²) in [6.45, 7) is 45.1. The zero-order chi connectivity index (χ0) is 38.0. The third-order valence-corrected chi connectivity index (χ3v) is 25.8. The maximum atomic E-state index is 13.8. The Morgan fingerprint density at radius 2 is 1.22 bits per heavy atom. The molecule has 2 rings (SSSR count). The van der Waals surface area contributed by atoms with Gasteiger partial charge in [-0.25, -0.2) is 4.79 Å². The number of ether oxygens (including phenoxy) is 2. The van der Waals surface area contributed by atoms with Gasteiger partial charge in [-0.15, -0.1) is 6.58 Å². The molecule has 0 amide bonds. The average molecular weight is 749 g/mol. The van der Waals surface area contributed by atoms with E-state index in [2.05, 4.69) is 140 Å². The lowest BCUT2D eigenvalue weighted by Crippen LogP contribution is -2.68. The van der Waals surface area contributed by atoms with Crippen LogP contribution in [0.4, 0.5) is 0 Å². The van der Waals surface area contributed by atoms with E-state index >= 15 is 0 Å². The third-order valence-electron chi connectivity index (χ3n) is 11.1. The van der Waals surface area contributed by atoms with E-state index in [-0.39, 0.29) is 21.2 Å². The van der Waals surface area contributed by atoms with Gasteiger partial charge in [-0.05, 0) is 73.0 Å². The summed E-state index contributed by atoms with van der Waals surface area (Å²) in [7, 11) is -8.82. The summed E-state index contributed by atoms with van der Waals surface area (Å²) in [6, 6.07) is 9.18. The molecular formula is C39H72O6Si4. The molecule has 6 atom stereocenters. The second-order valence-electron chi connectivity index (χ2n) is 19.7. The van der Waals surface area contributed by atoms with Crippen LogP contribution in [0.15, 0.2) is 54.8 Å². The molecule has 0 spiro atoms. The van der Waals surface area contributed by atoms with Crippen LogP contribution in [0.25, 0.3) is 0 Å². The first-order valence-corrected chi connectivity index (χ1v) is 30.5. The average Bonchev–Trinajstić information content (AvgIpc) is 2.92. The van der Waals surface area contributed by atoms with Crippen LogP contribution < -0.4 is 0 Å². The predicted molar refractivity (Wildman–Crippen MR) is 218 cm³/mol. The molecule has 0 aromatic heterocycles. The van der Waals surface area contributed by atoms with E-state index in [1.807, 2.05) is 24.3 Å². The van der Waals surface area contributed by atoms with Crippen LogP contribution in [-0.4, -0.2) is 75.6 Å². The molecule has 0 bridgehead atoms. The fourth-order valence-corrected chi connectivity index (χ4v) is 9.51. The molecule has 0 N–H and O–H groups in total. The van der Waals surface area contributed by atoms with Gasteiger partial charge >= 0.3 is 5.97 Å². The summed E-state index contributed by atoms with van der Waals surface area (Å²) >= 11 is 0. The van der Waals surface area contributed by atoms with Gasteiger partial charge in [0, 0.05) is 0 Å². The van der Waals surface area contributed by atoms with Gasteiger partial charge in [-0.1, -0.05) is 118 Å². The van der Waals surface area contributed by atoms with Crippen LogP contribution >= 0.6 is 0 Å². The first-order chi connectivity index (χ1) is 21.9. The summed E-state index contributed by atoms with van der Waals surface area (Å²) < 4.78 is 36.0. The zero-order valence-corrected chi connectivity index (χ0v) is 38.4. The van der Waals surface area contributed by atoms with Crippen molar-refractivity contribution in [2.45, 2.75) is 179 Å². The Morgan fingerprint density at radius 1 is 0.755 bits per heavy atom. The Labute approximate surface area is 305 Å². The molecule has 10 heteroatoms. The summed E-state index contributed by atoms with van der Waals surface area (Å²) in [4.78, 5) is 13.8. The Bertz CT molecular complexity index is 1270. The number of carbonyl (C=O) groups excluding carboxylic acids is 1. The van der Waals surface area contributed by atoms with Gasteiger partial charge in [0.1, 0.15) is 24.4 Å². The molecule has 6 nitrogen and oxygen atoms in total. The van der Waals surface area contributed by atoms with Gasteiger partial charge in [-0.3, -0.25) is 0 Å². The van der Waals surface area contributed by atoms with Crippen LogP contribution in [0, 0.1) is 0 Å². The molecule has 1 aliphatic heterocycles. The highest BCUT2D eigenvalue weighted by Crippen LogP contribution is 2.46. The minimum Gasteiger partial charge on any atom is -0.453 e. The second-order valence-corrected chi connectivity index (χ2v) is 39.0. The molecule has 49 heavy (non-hydrogen) atoms. The van der Waals surface area contributed by atoms with Crippen molar-refractivity contribution < 1.29 is 27.5 Å². The lowest BCUT2D eigenvalue weighted by Gasteiger charge is -2.54. The lowest BCUT2D eigenvalue weighted by molar-refractivity contribution is -0.227. The molecule has 0 saturated carbocycles. The van der Waals surface area contributed by atoms with Gasteiger partial charge in [0.05, 0.1) is 19.7 Å².